The first-order valence-electron chi connectivity index (χ1n) is 4.65. The van der Waals surface area contributed by atoms with E-state index in [1.807, 2.05) is 6.07 Å². The Labute approximate surface area is 93.6 Å². The summed E-state index contributed by atoms with van der Waals surface area (Å²) in [5.74, 6) is -0.957. The number of methoxy groups -OCH3 is 2. The molecule has 0 amide bonds. The van der Waals surface area contributed by atoms with Gasteiger partial charge in [0.05, 0.1) is 25.0 Å². The molecule has 5 heteroatoms. The van der Waals surface area contributed by atoms with Crippen molar-refractivity contribution in [3.8, 4) is 6.07 Å². The van der Waals surface area contributed by atoms with Crippen molar-refractivity contribution in [2.45, 2.75) is 5.92 Å². The van der Waals surface area contributed by atoms with Crippen LogP contribution in [0.5, 0.6) is 0 Å². The predicted octanol–water partition coefficient (Wildman–Crippen LogP) is 0.856. The van der Waals surface area contributed by atoms with Gasteiger partial charge in [-0.15, -0.1) is 0 Å². The maximum Gasteiger partial charge on any atom is 0.317 e. The summed E-state index contributed by atoms with van der Waals surface area (Å²) in [6, 6.07) is 5.19. The molecule has 84 valence electrons. The molecule has 0 aliphatic rings. The lowest BCUT2D eigenvalue weighted by Gasteiger charge is -2.12. The maximum atomic E-state index is 11.4. The van der Waals surface area contributed by atoms with Crippen molar-refractivity contribution in [3.63, 3.8) is 0 Å². The normalized spacial score (nSPS) is 11.6. The molecule has 0 aliphatic carbocycles. The number of rotatable bonds is 4. The summed E-state index contributed by atoms with van der Waals surface area (Å²) in [4.78, 5) is 15.5. The van der Waals surface area contributed by atoms with Crippen molar-refractivity contribution in [1.29, 1.82) is 5.26 Å². The molecule has 5 nitrogen and oxygen atoms in total. The monoisotopic (exact) mass is 220 g/mol. The Morgan fingerprint density at radius 1 is 1.56 bits per heavy atom. The van der Waals surface area contributed by atoms with E-state index in [9.17, 15) is 4.79 Å². The summed E-state index contributed by atoms with van der Waals surface area (Å²) in [6.07, 6.45) is 1.42. The highest BCUT2D eigenvalue weighted by Crippen LogP contribution is 2.15. The molecule has 0 spiro atoms. The highest BCUT2D eigenvalue weighted by Gasteiger charge is 2.22. The number of esters is 1. The number of hydrogen-bond donors (Lipinski definition) is 0. The molecule has 1 aromatic rings. The largest absolute Gasteiger partial charge is 0.468 e. The highest BCUT2D eigenvalue weighted by molar-refractivity contribution is 5.77. The SMILES string of the molecule is COCC(C(=O)OC)c1ccc(C#N)cn1. The Hall–Kier alpha value is -1.93. The van der Waals surface area contributed by atoms with Crippen LogP contribution in [0.25, 0.3) is 0 Å². The summed E-state index contributed by atoms with van der Waals surface area (Å²) in [5.41, 5.74) is 0.984. The van der Waals surface area contributed by atoms with E-state index in [0.29, 0.717) is 11.3 Å². The van der Waals surface area contributed by atoms with Crippen LogP contribution in [-0.2, 0) is 14.3 Å². The van der Waals surface area contributed by atoms with E-state index in [-0.39, 0.29) is 6.61 Å². The number of pyridine rings is 1. The van der Waals surface area contributed by atoms with Crippen LogP contribution in [0.1, 0.15) is 17.2 Å². The van der Waals surface area contributed by atoms with E-state index in [1.165, 1.54) is 20.4 Å². The molecule has 0 fully saturated rings. The molecule has 0 saturated carbocycles. The molecule has 16 heavy (non-hydrogen) atoms. The smallest absolute Gasteiger partial charge is 0.317 e. The lowest BCUT2D eigenvalue weighted by atomic mass is 10.1. The molecule has 1 heterocycles. The first kappa shape index (κ1) is 12.1. The van der Waals surface area contributed by atoms with Crippen molar-refractivity contribution < 1.29 is 14.3 Å². The number of hydrogen-bond acceptors (Lipinski definition) is 5. The summed E-state index contributed by atoms with van der Waals surface area (Å²) in [7, 11) is 2.81. The molecule has 1 aromatic heterocycles. The number of nitrogens with zero attached hydrogens (tertiary/aromatic N) is 2. The van der Waals surface area contributed by atoms with Crippen LogP contribution >= 0.6 is 0 Å². The van der Waals surface area contributed by atoms with Crippen LogP contribution in [-0.4, -0.2) is 31.8 Å². The zero-order chi connectivity index (χ0) is 12.0. The molecule has 0 aromatic carbocycles. The molecule has 0 radical (unpaired) electrons. The van der Waals surface area contributed by atoms with Gasteiger partial charge >= 0.3 is 5.97 Å². The summed E-state index contributed by atoms with van der Waals surface area (Å²) in [6.45, 7) is 0.200. The highest BCUT2D eigenvalue weighted by atomic mass is 16.5. The summed E-state index contributed by atoms with van der Waals surface area (Å²) in [5, 5.41) is 8.62. The molecular formula is C11H12N2O3. The predicted molar refractivity (Wildman–Crippen MR) is 55.6 cm³/mol. The second-order valence-corrected chi connectivity index (χ2v) is 3.11. The Bertz CT molecular complexity index is 395. The topological polar surface area (TPSA) is 72.2 Å². The van der Waals surface area contributed by atoms with Crippen molar-refractivity contribution in [2.75, 3.05) is 20.8 Å². The van der Waals surface area contributed by atoms with Gasteiger partial charge in [0.2, 0.25) is 0 Å². The Balaban J connectivity index is 2.93. The van der Waals surface area contributed by atoms with Crippen molar-refractivity contribution in [3.05, 3.63) is 29.6 Å². The van der Waals surface area contributed by atoms with Crippen molar-refractivity contribution >= 4 is 5.97 Å². The van der Waals surface area contributed by atoms with E-state index < -0.39 is 11.9 Å². The van der Waals surface area contributed by atoms with Gasteiger partial charge in [0.1, 0.15) is 12.0 Å². The first-order chi connectivity index (χ1) is 7.72. The van der Waals surface area contributed by atoms with E-state index in [2.05, 4.69) is 9.72 Å². The van der Waals surface area contributed by atoms with E-state index in [0.717, 1.165) is 0 Å². The molecular weight excluding hydrogens is 208 g/mol. The van der Waals surface area contributed by atoms with Crippen LogP contribution < -0.4 is 0 Å². The lowest BCUT2D eigenvalue weighted by Crippen LogP contribution is -2.20. The third kappa shape index (κ3) is 2.78. The number of carbonyl (C=O) groups is 1. The van der Waals surface area contributed by atoms with E-state index in [4.69, 9.17) is 10.00 Å². The van der Waals surface area contributed by atoms with Crippen LogP contribution in [0.3, 0.4) is 0 Å². The first-order valence-corrected chi connectivity index (χ1v) is 4.65. The van der Waals surface area contributed by atoms with Gasteiger partial charge in [-0.2, -0.15) is 5.26 Å². The lowest BCUT2D eigenvalue weighted by molar-refractivity contribution is -0.143. The molecule has 0 bridgehead atoms. The zero-order valence-electron chi connectivity index (χ0n) is 9.14. The average molecular weight is 220 g/mol. The minimum absolute atomic E-state index is 0.200. The van der Waals surface area contributed by atoms with Crippen molar-refractivity contribution in [1.82, 2.24) is 4.98 Å². The number of aromatic nitrogens is 1. The molecule has 1 rings (SSSR count). The van der Waals surface area contributed by atoms with Crippen LogP contribution in [0.2, 0.25) is 0 Å². The summed E-state index contributed by atoms with van der Waals surface area (Å²) >= 11 is 0. The molecule has 0 saturated heterocycles. The minimum atomic E-state index is -0.553. The quantitative estimate of drug-likeness (QED) is 0.703. The van der Waals surface area contributed by atoms with Crippen molar-refractivity contribution in [2.24, 2.45) is 0 Å². The average Bonchev–Trinajstić information content (AvgIpc) is 2.35. The fourth-order valence-electron chi connectivity index (χ4n) is 1.26. The maximum absolute atomic E-state index is 11.4. The van der Waals surface area contributed by atoms with Gasteiger partial charge in [-0.05, 0) is 12.1 Å². The van der Waals surface area contributed by atoms with Gasteiger partial charge in [-0.1, -0.05) is 0 Å². The third-order valence-electron chi connectivity index (χ3n) is 2.09. The fraction of sp³-hybridized carbons (Fsp3) is 0.364. The van der Waals surface area contributed by atoms with Crippen LogP contribution in [0.4, 0.5) is 0 Å². The minimum Gasteiger partial charge on any atom is -0.468 e. The number of nitriles is 1. The van der Waals surface area contributed by atoms with Crippen LogP contribution in [0, 0.1) is 11.3 Å². The molecule has 1 unspecified atom stereocenters. The van der Waals surface area contributed by atoms with Gasteiger partial charge in [0, 0.05) is 13.3 Å². The van der Waals surface area contributed by atoms with E-state index >= 15 is 0 Å². The fourth-order valence-corrected chi connectivity index (χ4v) is 1.26. The Morgan fingerprint density at radius 3 is 2.75 bits per heavy atom. The molecule has 1 atom stereocenters. The van der Waals surface area contributed by atoms with Gasteiger partial charge in [-0.25, -0.2) is 0 Å². The second kappa shape index (κ2) is 5.83. The third-order valence-corrected chi connectivity index (χ3v) is 2.09. The van der Waals surface area contributed by atoms with E-state index in [1.54, 1.807) is 12.1 Å². The molecule has 0 N–H and O–H groups in total. The molecule has 0 aliphatic heterocycles. The number of ether oxygens (including phenoxy) is 2. The van der Waals surface area contributed by atoms with Gasteiger partial charge in [0.15, 0.2) is 0 Å². The standard InChI is InChI=1S/C11H12N2O3/c1-15-7-9(11(14)16-2)10-4-3-8(5-12)6-13-10/h3-4,6,9H,7H2,1-2H3. The zero-order valence-corrected chi connectivity index (χ0v) is 9.14. The van der Waals surface area contributed by atoms with Crippen LogP contribution in [0.15, 0.2) is 18.3 Å². The second-order valence-electron chi connectivity index (χ2n) is 3.11. The van der Waals surface area contributed by atoms with Gasteiger partial charge in [-0.3, -0.25) is 9.78 Å². The Morgan fingerprint density at radius 2 is 2.31 bits per heavy atom. The Kier molecular flexibility index (Phi) is 4.42. The number of carbonyl (C=O) groups excluding carboxylic acids is 1. The van der Waals surface area contributed by atoms with Gasteiger partial charge in [0.25, 0.3) is 0 Å². The van der Waals surface area contributed by atoms with Gasteiger partial charge < -0.3 is 9.47 Å². The summed E-state index contributed by atoms with van der Waals surface area (Å²) < 4.78 is 9.58.